The first kappa shape index (κ1) is 13.3. The number of thiophene rings is 1. The third-order valence-electron chi connectivity index (χ3n) is 3.37. The van der Waals surface area contributed by atoms with Gasteiger partial charge in [-0.3, -0.25) is 4.90 Å². The van der Waals surface area contributed by atoms with Crippen LogP contribution in [-0.2, 0) is 6.54 Å². The molecule has 2 rings (SSSR count). The van der Waals surface area contributed by atoms with Gasteiger partial charge in [0.2, 0.25) is 0 Å². The van der Waals surface area contributed by atoms with E-state index in [0.29, 0.717) is 6.04 Å². The zero-order valence-corrected chi connectivity index (χ0v) is 12.0. The summed E-state index contributed by atoms with van der Waals surface area (Å²) in [5.41, 5.74) is 0. The average Bonchev–Trinajstić information content (AvgIpc) is 2.76. The summed E-state index contributed by atoms with van der Waals surface area (Å²) in [6.45, 7) is 6.87. The van der Waals surface area contributed by atoms with Gasteiger partial charge in [0.25, 0.3) is 0 Å². The molecule has 1 saturated heterocycles. The Morgan fingerprint density at radius 3 is 2.82 bits per heavy atom. The van der Waals surface area contributed by atoms with Gasteiger partial charge in [-0.1, -0.05) is 18.0 Å². The lowest BCUT2D eigenvalue weighted by atomic mass is 10.1. The highest BCUT2D eigenvalue weighted by molar-refractivity contribution is 7.10. The Hall–Kier alpha value is -0.0900. The van der Waals surface area contributed by atoms with E-state index in [1.165, 1.54) is 37.2 Å². The van der Waals surface area contributed by atoms with Crippen molar-refractivity contribution in [2.75, 3.05) is 19.6 Å². The Kier molecular flexibility index (Phi) is 5.29. The maximum atomic E-state index is 5.90. The first-order chi connectivity index (χ1) is 8.25. The smallest absolute Gasteiger partial charge is 0.0516 e. The van der Waals surface area contributed by atoms with E-state index < -0.39 is 0 Å². The maximum Gasteiger partial charge on any atom is 0.0516 e. The molecule has 0 amide bonds. The van der Waals surface area contributed by atoms with E-state index in [1.54, 1.807) is 11.3 Å². The molecule has 96 valence electrons. The Morgan fingerprint density at radius 2 is 2.18 bits per heavy atom. The fraction of sp³-hybridized carbons (Fsp3) is 0.692. The molecule has 2 heterocycles. The van der Waals surface area contributed by atoms with Crippen molar-refractivity contribution in [3.63, 3.8) is 0 Å². The summed E-state index contributed by atoms with van der Waals surface area (Å²) in [5, 5.41) is 6.37. The Balaban J connectivity index is 1.67. The molecule has 1 aromatic rings. The van der Waals surface area contributed by atoms with Crippen molar-refractivity contribution in [3.05, 3.63) is 21.3 Å². The summed E-state index contributed by atoms with van der Waals surface area (Å²) >= 11 is 7.63. The molecular formula is C13H21ClN2S. The highest BCUT2D eigenvalue weighted by Gasteiger charge is 2.15. The number of rotatable bonds is 5. The van der Waals surface area contributed by atoms with Crippen molar-refractivity contribution in [3.8, 4) is 0 Å². The lowest BCUT2D eigenvalue weighted by molar-refractivity contribution is 0.171. The summed E-state index contributed by atoms with van der Waals surface area (Å²) < 4.78 is 0. The Bertz CT molecular complexity index is 334. The lowest BCUT2D eigenvalue weighted by Crippen LogP contribution is -2.42. The van der Waals surface area contributed by atoms with Gasteiger partial charge in [-0.2, -0.15) is 0 Å². The van der Waals surface area contributed by atoms with Gasteiger partial charge in [0.1, 0.15) is 0 Å². The molecule has 1 aliphatic rings. The van der Waals surface area contributed by atoms with Crippen LogP contribution in [0.4, 0.5) is 0 Å². The zero-order chi connectivity index (χ0) is 12.1. The van der Waals surface area contributed by atoms with Gasteiger partial charge in [-0.15, -0.1) is 11.3 Å². The van der Waals surface area contributed by atoms with Gasteiger partial charge in [0.05, 0.1) is 5.02 Å². The van der Waals surface area contributed by atoms with E-state index in [2.05, 4.69) is 17.1 Å². The Morgan fingerprint density at radius 1 is 1.41 bits per heavy atom. The van der Waals surface area contributed by atoms with E-state index >= 15 is 0 Å². The minimum Gasteiger partial charge on any atom is -0.310 e. The van der Waals surface area contributed by atoms with Crippen LogP contribution < -0.4 is 5.32 Å². The van der Waals surface area contributed by atoms with Crippen molar-refractivity contribution >= 4 is 22.9 Å². The van der Waals surface area contributed by atoms with Crippen molar-refractivity contribution in [2.45, 2.75) is 38.8 Å². The van der Waals surface area contributed by atoms with E-state index in [-0.39, 0.29) is 0 Å². The van der Waals surface area contributed by atoms with E-state index in [4.69, 9.17) is 11.6 Å². The standard InChI is InChI=1S/C13H21ClN2S/c1-11(16-5-3-2-4-6-16)8-15-9-13-7-12(14)10-17-13/h7,10-11,15H,2-6,8-9H2,1H3. The molecule has 0 aromatic carbocycles. The molecule has 1 N–H and O–H groups in total. The number of nitrogens with one attached hydrogen (secondary N) is 1. The molecule has 0 spiro atoms. The maximum absolute atomic E-state index is 5.90. The predicted molar refractivity (Wildman–Crippen MR) is 75.9 cm³/mol. The van der Waals surface area contributed by atoms with Gasteiger partial charge >= 0.3 is 0 Å². The molecule has 0 aliphatic carbocycles. The third-order valence-corrected chi connectivity index (χ3v) is 4.66. The van der Waals surface area contributed by atoms with Crippen LogP contribution in [-0.4, -0.2) is 30.6 Å². The first-order valence-electron chi connectivity index (χ1n) is 6.43. The van der Waals surface area contributed by atoms with Gasteiger partial charge < -0.3 is 5.32 Å². The highest BCUT2D eigenvalue weighted by atomic mass is 35.5. The molecule has 1 aromatic heterocycles. The first-order valence-corrected chi connectivity index (χ1v) is 7.69. The van der Waals surface area contributed by atoms with Crippen LogP contribution in [0, 0.1) is 0 Å². The number of likely N-dealkylation sites (tertiary alicyclic amines) is 1. The molecule has 4 heteroatoms. The normalized spacial score (nSPS) is 19.4. The van der Waals surface area contributed by atoms with E-state index in [1.807, 2.05) is 11.4 Å². The summed E-state index contributed by atoms with van der Waals surface area (Å²) in [5.74, 6) is 0. The van der Waals surface area contributed by atoms with Gasteiger partial charge in [-0.25, -0.2) is 0 Å². The summed E-state index contributed by atoms with van der Waals surface area (Å²) in [4.78, 5) is 3.92. The lowest BCUT2D eigenvalue weighted by Gasteiger charge is -2.32. The van der Waals surface area contributed by atoms with Crippen LogP contribution in [0.5, 0.6) is 0 Å². The third kappa shape index (κ3) is 4.25. The number of halogens is 1. The van der Waals surface area contributed by atoms with Crippen molar-refractivity contribution in [1.29, 1.82) is 0 Å². The fourth-order valence-electron chi connectivity index (χ4n) is 2.34. The summed E-state index contributed by atoms with van der Waals surface area (Å²) in [6, 6.07) is 2.69. The van der Waals surface area contributed by atoms with Gasteiger partial charge in [-0.05, 0) is 38.9 Å². The topological polar surface area (TPSA) is 15.3 Å². The quantitative estimate of drug-likeness (QED) is 0.884. The Labute approximate surface area is 113 Å². The average molecular weight is 273 g/mol. The second-order valence-corrected chi connectivity index (χ2v) is 6.24. The molecule has 17 heavy (non-hydrogen) atoms. The van der Waals surface area contributed by atoms with Crippen LogP contribution in [0.2, 0.25) is 5.02 Å². The van der Waals surface area contributed by atoms with Crippen LogP contribution in [0.3, 0.4) is 0 Å². The van der Waals surface area contributed by atoms with Crippen LogP contribution in [0.25, 0.3) is 0 Å². The SMILES string of the molecule is CC(CNCc1cc(Cl)cs1)N1CCCCC1. The number of piperidine rings is 1. The number of hydrogen-bond donors (Lipinski definition) is 1. The molecule has 1 atom stereocenters. The number of nitrogens with zero attached hydrogens (tertiary/aromatic N) is 1. The van der Waals surface area contributed by atoms with Gasteiger partial charge in [0, 0.05) is 29.4 Å². The zero-order valence-electron chi connectivity index (χ0n) is 10.4. The van der Waals surface area contributed by atoms with Crippen LogP contribution >= 0.6 is 22.9 Å². The molecular weight excluding hydrogens is 252 g/mol. The van der Waals surface area contributed by atoms with Crippen molar-refractivity contribution in [2.24, 2.45) is 0 Å². The molecule has 1 unspecified atom stereocenters. The van der Waals surface area contributed by atoms with Crippen LogP contribution in [0.1, 0.15) is 31.1 Å². The molecule has 0 bridgehead atoms. The fourth-order valence-corrected chi connectivity index (χ4v) is 3.38. The molecule has 1 aliphatic heterocycles. The second-order valence-electron chi connectivity index (χ2n) is 4.81. The molecule has 0 radical (unpaired) electrons. The summed E-state index contributed by atoms with van der Waals surface area (Å²) in [7, 11) is 0. The van der Waals surface area contributed by atoms with E-state index in [0.717, 1.165) is 18.1 Å². The minimum absolute atomic E-state index is 0.644. The van der Waals surface area contributed by atoms with Crippen molar-refractivity contribution in [1.82, 2.24) is 10.2 Å². The van der Waals surface area contributed by atoms with Crippen molar-refractivity contribution < 1.29 is 0 Å². The second kappa shape index (κ2) is 6.74. The molecule has 1 fully saturated rings. The molecule has 0 saturated carbocycles. The van der Waals surface area contributed by atoms with Gasteiger partial charge in [0.15, 0.2) is 0 Å². The minimum atomic E-state index is 0.644. The molecule has 2 nitrogen and oxygen atoms in total. The summed E-state index contributed by atoms with van der Waals surface area (Å²) in [6.07, 6.45) is 4.14. The monoisotopic (exact) mass is 272 g/mol. The van der Waals surface area contributed by atoms with Crippen LogP contribution in [0.15, 0.2) is 11.4 Å². The highest BCUT2D eigenvalue weighted by Crippen LogP contribution is 2.18. The predicted octanol–water partition coefficient (Wildman–Crippen LogP) is 3.37. The van der Waals surface area contributed by atoms with E-state index in [9.17, 15) is 0 Å². The number of hydrogen-bond acceptors (Lipinski definition) is 3. The largest absolute Gasteiger partial charge is 0.310 e.